The van der Waals surface area contributed by atoms with Crippen molar-refractivity contribution in [3.63, 3.8) is 0 Å². The van der Waals surface area contributed by atoms with Gasteiger partial charge in [0, 0.05) is 12.5 Å². The first-order chi connectivity index (χ1) is 8.20. The number of hydrogen-bond donors (Lipinski definition) is 1. The summed E-state index contributed by atoms with van der Waals surface area (Å²) in [6, 6.07) is 4.27. The molecule has 0 saturated heterocycles. The fourth-order valence-electron chi connectivity index (χ4n) is 2.39. The van der Waals surface area contributed by atoms with Crippen LogP contribution in [-0.4, -0.2) is 19.7 Å². The number of benzene rings is 1. The van der Waals surface area contributed by atoms with Gasteiger partial charge in [-0.05, 0) is 44.5 Å². The molecule has 94 valence electrons. The average Bonchev–Trinajstić information content (AvgIpc) is 2.71. The first-order valence-electron chi connectivity index (χ1n) is 5.97. The Morgan fingerprint density at radius 1 is 1.47 bits per heavy atom. The van der Waals surface area contributed by atoms with E-state index in [9.17, 15) is 4.39 Å². The van der Waals surface area contributed by atoms with Crippen LogP contribution in [0.2, 0.25) is 5.02 Å². The third-order valence-corrected chi connectivity index (χ3v) is 3.52. The summed E-state index contributed by atoms with van der Waals surface area (Å²) < 4.78 is 18.8. The van der Waals surface area contributed by atoms with E-state index in [1.165, 1.54) is 25.0 Å². The lowest BCUT2D eigenvalue weighted by molar-refractivity contribution is 0.158. The van der Waals surface area contributed by atoms with E-state index in [1.54, 1.807) is 6.07 Å². The molecule has 1 fully saturated rings. The molecule has 0 amide bonds. The van der Waals surface area contributed by atoms with Crippen LogP contribution < -0.4 is 10.1 Å². The second-order valence-corrected chi connectivity index (χ2v) is 4.89. The van der Waals surface area contributed by atoms with Gasteiger partial charge in [0.15, 0.2) is 0 Å². The number of nitrogens with one attached hydrogen (secondary N) is 1. The van der Waals surface area contributed by atoms with Gasteiger partial charge in [-0.25, -0.2) is 4.39 Å². The summed E-state index contributed by atoms with van der Waals surface area (Å²) in [5.74, 6) is 0.766. The van der Waals surface area contributed by atoms with Crippen LogP contribution in [0.5, 0.6) is 5.75 Å². The molecule has 2 unspecified atom stereocenters. The summed E-state index contributed by atoms with van der Waals surface area (Å²) >= 11 is 5.95. The molecule has 1 aromatic carbocycles. The Morgan fingerprint density at radius 3 is 3.00 bits per heavy atom. The number of rotatable bonds is 4. The summed E-state index contributed by atoms with van der Waals surface area (Å²) in [5, 5.41) is 3.52. The van der Waals surface area contributed by atoms with Crippen LogP contribution in [0, 0.1) is 11.7 Å². The summed E-state index contributed by atoms with van der Waals surface area (Å²) in [5.41, 5.74) is 0. The predicted molar refractivity (Wildman–Crippen MR) is 67.1 cm³/mol. The highest BCUT2D eigenvalue weighted by Crippen LogP contribution is 2.32. The smallest absolute Gasteiger partial charge is 0.138 e. The Hall–Kier alpha value is -0.800. The van der Waals surface area contributed by atoms with Crippen molar-refractivity contribution < 1.29 is 9.13 Å². The Labute approximate surface area is 106 Å². The maximum Gasteiger partial charge on any atom is 0.138 e. The largest absolute Gasteiger partial charge is 0.489 e. The first kappa shape index (κ1) is 12.7. The molecule has 0 heterocycles. The second kappa shape index (κ2) is 5.69. The lowest BCUT2D eigenvalue weighted by Gasteiger charge is -2.21. The van der Waals surface area contributed by atoms with Crippen molar-refractivity contribution in [1.82, 2.24) is 5.32 Å². The van der Waals surface area contributed by atoms with Gasteiger partial charge in [0.1, 0.15) is 17.7 Å². The molecule has 2 rings (SSSR count). The van der Waals surface area contributed by atoms with Crippen molar-refractivity contribution in [2.24, 2.45) is 5.92 Å². The van der Waals surface area contributed by atoms with Crippen LogP contribution in [0.3, 0.4) is 0 Å². The number of halogens is 2. The lowest BCUT2D eigenvalue weighted by atomic mass is 10.1. The van der Waals surface area contributed by atoms with E-state index in [1.807, 2.05) is 7.05 Å². The SMILES string of the molecule is CNCC1CCCC1Oc1ccc(F)cc1Cl. The maximum atomic E-state index is 12.9. The Morgan fingerprint density at radius 2 is 2.29 bits per heavy atom. The van der Waals surface area contributed by atoms with Crippen molar-refractivity contribution in [1.29, 1.82) is 0 Å². The normalized spacial score (nSPS) is 23.9. The van der Waals surface area contributed by atoms with Crippen molar-refractivity contribution in [2.75, 3.05) is 13.6 Å². The minimum atomic E-state index is -0.333. The molecule has 1 N–H and O–H groups in total. The van der Waals surface area contributed by atoms with Gasteiger partial charge in [-0.15, -0.1) is 0 Å². The summed E-state index contributed by atoms with van der Waals surface area (Å²) in [7, 11) is 1.94. The fourth-order valence-corrected chi connectivity index (χ4v) is 2.60. The number of ether oxygens (including phenoxy) is 1. The Balaban J connectivity index is 2.04. The monoisotopic (exact) mass is 257 g/mol. The average molecular weight is 258 g/mol. The molecule has 17 heavy (non-hydrogen) atoms. The molecule has 2 nitrogen and oxygen atoms in total. The molecular formula is C13H17ClFNO. The minimum absolute atomic E-state index is 0.186. The molecule has 0 spiro atoms. The van der Waals surface area contributed by atoms with Crippen LogP contribution >= 0.6 is 11.6 Å². The molecule has 0 bridgehead atoms. The lowest BCUT2D eigenvalue weighted by Crippen LogP contribution is -2.29. The van der Waals surface area contributed by atoms with Gasteiger partial charge in [-0.1, -0.05) is 11.6 Å². The topological polar surface area (TPSA) is 21.3 Å². The molecule has 1 aromatic rings. The van der Waals surface area contributed by atoms with E-state index >= 15 is 0 Å². The molecule has 1 saturated carbocycles. The van der Waals surface area contributed by atoms with E-state index in [0.717, 1.165) is 13.0 Å². The van der Waals surface area contributed by atoms with Gasteiger partial charge in [-0.3, -0.25) is 0 Å². The summed E-state index contributed by atoms with van der Waals surface area (Å²) in [6.45, 7) is 0.948. The molecule has 1 aliphatic carbocycles. The summed E-state index contributed by atoms with van der Waals surface area (Å²) in [4.78, 5) is 0. The van der Waals surface area contributed by atoms with Gasteiger partial charge >= 0.3 is 0 Å². The zero-order valence-corrected chi connectivity index (χ0v) is 10.6. The highest BCUT2D eigenvalue weighted by Gasteiger charge is 2.28. The van der Waals surface area contributed by atoms with Gasteiger partial charge in [-0.2, -0.15) is 0 Å². The van der Waals surface area contributed by atoms with Gasteiger partial charge in [0.05, 0.1) is 5.02 Å². The van der Waals surface area contributed by atoms with Crippen LogP contribution in [0.25, 0.3) is 0 Å². The molecule has 0 aliphatic heterocycles. The van der Waals surface area contributed by atoms with Crippen LogP contribution in [0.1, 0.15) is 19.3 Å². The molecular weight excluding hydrogens is 241 g/mol. The second-order valence-electron chi connectivity index (χ2n) is 4.48. The summed E-state index contributed by atoms with van der Waals surface area (Å²) in [6.07, 6.45) is 3.57. The van der Waals surface area contributed by atoms with Crippen molar-refractivity contribution >= 4 is 11.6 Å². The quantitative estimate of drug-likeness (QED) is 0.894. The van der Waals surface area contributed by atoms with Crippen molar-refractivity contribution in [3.05, 3.63) is 29.0 Å². The van der Waals surface area contributed by atoms with E-state index < -0.39 is 0 Å². The highest BCUT2D eigenvalue weighted by molar-refractivity contribution is 6.32. The zero-order chi connectivity index (χ0) is 12.3. The van der Waals surface area contributed by atoms with E-state index in [4.69, 9.17) is 16.3 Å². The van der Waals surface area contributed by atoms with E-state index in [-0.39, 0.29) is 11.9 Å². The van der Waals surface area contributed by atoms with Gasteiger partial charge in [0.25, 0.3) is 0 Å². The molecule has 1 aliphatic rings. The molecule has 4 heteroatoms. The third kappa shape index (κ3) is 3.11. The van der Waals surface area contributed by atoms with Crippen molar-refractivity contribution in [3.8, 4) is 5.75 Å². The molecule has 0 aromatic heterocycles. The minimum Gasteiger partial charge on any atom is -0.489 e. The van der Waals surface area contributed by atoms with Crippen LogP contribution in [0.4, 0.5) is 4.39 Å². The van der Waals surface area contributed by atoms with Gasteiger partial charge < -0.3 is 10.1 Å². The van der Waals surface area contributed by atoms with E-state index in [2.05, 4.69) is 5.32 Å². The highest BCUT2D eigenvalue weighted by atomic mass is 35.5. The fraction of sp³-hybridized carbons (Fsp3) is 0.538. The first-order valence-corrected chi connectivity index (χ1v) is 6.35. The van der Waals surface area contributed by atoms with Crippen LogP contribution in [0.15, 0.2) is 18.2 Å². The molecule has 0 radical (unpaired) electrons. The third-order valence-electron chi connectivity index (χ3n) is 3.23. The Kier molecular flexibility index (Phi) is 4.24. The maximum absolute atomic E-state index is 12.9. The standard InChI is InChI=1S/C13H17ClFNO/c1-16-8-9-3-2-4-12(9)17-13-6-5-10(15)7-11(13)14/h5-7,9,12,16H,2-4,8H2,1H3. The molecule has 2 atom stereocenters. The zero-order valence-electron chi connectivity index (χ0n) is 9.88. The predicted octanol–water partition coefficient (Wildman–Crippen LogP) is 3.25. The van der Waals surface area contributed by atoms with Crippen LogP contribution in [-0.2, 0) is 0 Å². The van der Waals surface area contributed by atoms with Gasteiger partial charge in [0.2, 0.25) is 0 Å². The van der Waals surface area contributed by atoms with Crippen molar-refractivity contribution in [2.45, 2.75) is 25.4 Å². The number of hydrogen-bond acceptors (Lipinski definition) is 2. The Bertz CT molecular complexity index is 386. The van der Waals surface area contributed by atoms with E-state index in [0.29, 0.717) is 16.7 Å².